The van der Waals surface area contributed by atoms with Crippen LogP contribution in [0.2, 0.25) is 0 Å². The average Bonchev–Trinajstić information content (AvgIpc) is 2.70. The van der Waals surface area contributed by atoms with E-state index in [0.717, 1.165) is 24.0 Å². The summed E-state index contributed by atoms with van der Waals surface area (Å²) in [6.45, 7) is 0.408. The smallest absolute Gasteiger partial charge is 0.251 e. The number of rotatable bonds is 5. The molecule has 0 bridgehead atoms. The van der Waals surface area contributed by atoms with E-state index in [1.807, 2.05) is 12.1 Å². The van der Waals surface area contributed by atoms with E-state index in [4.69, 9.17) is 14.7 Å². The van der Waals surface area contributed by atoms with Crippen molar-refractivity contribution in [2.45, 2.75) is 12.8 Å². The van der Waals surface area contributed by atoms with E-state index < -0.39 is 0 Å². The van der Waals surface area contributed by atoms with E-state index in [1.54, 1.807) is 30.3 Å². The van der Waals surface area contributed by atoms with Gasteiger partial charge >= 0.3 is 0 Å². The second-order valence-corrected chi connectivity index (χ2v) is 6.03. The molecule has 0 N–H and O–H groups in total. The summed E-state index contributed by atoms with van der Waals surface area (Å²) in [7, 11) is 1.50. The SMILES string of the molecule is COc1cc(/C=C/C(=O)N2CCCc3cccc(F)c32)ccc1OCC#N. The molecule has 0 unspecified atom stereocenters. The third-order valence-electron chi connectivity index (χ3n) is 4.33. The normalized spacial score (nSPS) is 13.1. The van der Waals surface area contributed by atoms with Crippen molar-refractivity contribution in [1.29, 1.82) is 5.26 Å². The molecule has 2 aromatic rings. The molecule has 0 spiro atoms. The number of ether oxygens (including phenoxy) is 2. The number of carbonyl (C=O) groups excluding carboxylic acids is 1. The second-order valence-electron chi connectivity index (χ2n) is 6.03. The van der Waals surface area contributed by atoms with E-state index in [9.17, 15) is 9.18 Å². The van der Waals surface area contributed by atoms with Crippen LogP contribution in [-0.4, -0.2) is 26.2 Å². The Balaban J connectivity index is 1.79. The minimum absolute atomic E-state index is 0.0794. The minimum Gasteiger partial charge on any atom is -0.493 e. The molecule has 6 heteroatoms. The Labute approximate surface area is 157 Å². The maximum atomic E-state index is 14.2. The number of hydrogen-bond donors (Lipinski definition) is 0. The van der Waals surface area contributed by atoms with Crippen LogP contribution in [0.5, 0.6) is 11.5 Å². The zero-order chi connectivity index (χ0) is 19.2. The average molecular weight is 366 g/mol. The van der Waals surface area contributed by atoms with Crippen LogP contribution in [0.1, 0.15) is 17.5 Å². The molecule has 138 valence electrons. The lowest BCUT2D eigenvalue weighted by Gasteiger charge is -2.28. The number of anilines is 1. The van der Waals surface area contributed by atoms with Gasteiger partial charge in [0.25, 0.3) is 5.91 Å². The summed E-state index contributed by atoms with van der Waals surface area (Å²) in [5, 5.41) is 8.61. The predicted octanol–water partition coefficient (Wildman–Crippen LogP) is 3.73. The van der Waals surface area contributed by atoms with E-state index in [1.165, 1.54) is 24.2 Å². The van der Waals surface area contributed by atoms with Crippen LogP contribution in [0.15, 0.2) is 42.5 Å². The Morgan fingerprint density at radius 3 is 2.96 bits per heavy atom. The number of halogens is 1. The summed E-state index contributed by atoms with van der Waals surface area (Å²) in [5.41, 5.74) is 1.95. The molecule has 0 saturated heterocycles. The largest absolute Gasteiger partial charge is 0.493 e. The van der Waals surface area contributed by atoms with Crippen molar-refractivity contribution in [3.05, 3.63) is 59.4 Å². The van der Waals surface area contributed by atoms with Gasteiger partial charge in [-0.3, -0.25) is 4.79 Å². The van der Waals surface area contributed by atoms with Crippen molar-refractivity contribution in [1.82, 2.24) is 0 Å². The van der Waals surface area contributed by atoms with Crippen LogP contribution in [0.4, 0.5) is 10.1 Å². The molecule has 1 aliphatic rings. The minimum atomic E-state index is -0.380. The van der Waals surface area contributed by atoms with E-state index in [-0.39, 0.29) is 18.3 Å². The number of fused-ring (bicyclic) bond motifs is 1. The topological polar surface area (TPSA) is 62.6 Å². The van der Waals surface area contributed by atoms with Gasteiger partial charge in [0.15, 0.2) is 18.1 Å². The Kier molecular flexibility index (Phi) is 5.72. The van der Waals surface area contributed by atoms with Gasteiger partial charge in [-0.05, 0) is 48.2 Å². The molecule has 1 aliphatic heterocycles. The Bertz CT molecular complexity index is 918. The summed E-state index contributed by atoms with van der Waals surface area (Å²) in [6, 6.07) is 11.9. The highest BCUT2D eigenvalue weighted by Crippen LogP contribution is 2.31. The van der Waals surface area contributed by atoms with Gasteiger partial charge in [0.05, 0.1) is 12.8 Å². The van der Waals surface area contributed by atoms with Crippen LogP contribution in [-0.2, 0) is 11.2 Å². The zero-order valence-electron chi connectivity index (χ0n) is 14.9. The Morgan fingerprint density at radius 2 is 2.19 bits per heavy atom. The third kappa shape index (κ3) is 4.09. The van der Waals surface area contributed by atoms with Gasteiger partial charge in [-0.2, -0.15) is 5.26 Å². The molecule has 0 aliphatic carbocycles. The molecule has 1 heterocycles. The quantitative estimate of drug-likeness (QED) is 0.757. The van der Waals surface area contributed by atoms with Crippen molar-refractivity contribution in [2.24, 2.45) is 0 Å². The maximum absolute atomic E-state index is 14.2. The number of hydrogen-bond acceptors (Lipinski definition) is 4. The highest BCUT2D eigenvalue weighted by atomic mass is 19.1. The highest BCUT2D eigenvalue weighted by molar-refractivity contribution is 6.04. The number of methoxy groups -OCH3 is 1. The van der Waals surface area contributed by atoms with Gasteiger partial charge in [-0.1, -0.05) is 18.2 Å². The fourth-order valence-electron chi connectivity index (χ4n) is 3.10. The first-order chi connectivity index (χ1) is 13.1. The molecular formula is C21H19FN2O3. The van der Waals surface area contributed by atoms with Crippen LogP contribution >= 0.6 is 0 Å². The first-order valence-electron chi connectivity index (χ1n) is 8.59. The summed E-state index contributed by atoms with van der Waals surface area (Å²) in [6.07, 6.45) is 4.64. The molecule has 1 amide bonds. The summed E-state index contributed by atoms with van der Waals surface area (Å²) < 4.78 is 24.8. The van der Waals surface area contributed by atoms with Gasteiger partial charge in [-0.25, -0.2) is 4.39 Å². The molecule has 3 rings (SSSR count). The number of carbonyl (C=O) groups is 1. The monoisotopic (exact) mass is 366 g/mol. The zero-order valence-corrected chi connectivity index (χ0v) is 14.9. The number of aryl methyl sites for hydroxylation is 1. The lowest BCUT2D eigenvalue weighted by Crippen LogP contribution is -2.35. The fourth-order valence-corrected chi connectivity index (χ4v) is 3.10. The number of para-hydroxylation sites is 1. The number of nitrogens with zero attached hydrogens (tertiary/aromatic N) is 2. The van der Waals surface area contributed by atoms with E-state index in [0.29, 0.717) is 23.7 Å². The molecular weight excluding hydrogens is 347 g/mol. The first kappa shape index (κ1) is 18.5. The van der Waals surface area contributed by atoms with Crippen LogP contribution in [0.25, 0.3) is 6.08 Å². The van der Waals surface area contributed by atoms with E-state index >= 15 is 0 Å². The van der Waals surface area contributed by atoms with E-state index in [2.05, 4.69) is 0 Å². The third-order valence-corrected chi connectivity index (χ3v) is 4.33. The van der Waals surface area contributed by atoms with Crippen molar-refractivity contribution < 1.29 is 18.7 Å². The number of benzene rings is 2. The molecule has 0 aromatic heterocycles. The summed E-state index contributed by atoms with van der Waals surface area (Å²) >= 11 is 0. The molecule has 0 radical (unpaired) electrons. The molecule has 27 heavy (non-hydrogen) atoms. The highest BCUT2D eigenvalue weighted by Gasteiger charge is 2.24. The van der Waals surface area contributed by atoms with Gasteiger partial charge < -0.3 is 14.4 Å². The van der Waals surface area contributed by atoms with Crippen molar-refractivity contribution in [3.8, 4) is 17.6 Å². The fraction of sp³-hybridized carbons (Fsp3) is 0.238. The standard InChI is InChI=1S/C21H19FN2O3/c1-26-19-14-15(7-9-18(19)27-13-11-23)8-10-20(25)24-12-3-5-16-4-2-6-17(22)21(16)24/h2,4,6-10,14H,3,5,12-13H2,1H3/b10-8+. The van der Waals surface area contributed by atoms with Gasteiger partial charge in [0, 0.05) is 12.6 Å². The predicted molar refractivity (Wildman–Crippen MR) is 100 cm³/mol. The van der Waals surface area contributed by atoms with Gasteiger partial charge in [-0.15, -0.1) is 0 Å². The first-order valence-corrected chi connectivity index (χ1v) is 8.59. The van der Waals surface area contributed by atoms with Gasteiger partial charge in [0.1, 0.15) is 11.9 Å². The molecule has 5 nitrogen and oxygen atoms in total. The van der Waals surface area contributed by atoms with Crippen LogP contribution in [0.3, 0.4) is 0 Å². The van der Waals surface area contributed by atoms with Crippen LogP contribution < -0.4 is 14.4 Å². The molecule has 0 saturated carbocycles. The molecule has 0 atom stereocenters. The maximum Gasteiger partial charge on any atom is 0.251 e. The second kappa shape index (κ2) is 8.37. The lowest BCUT2D eigenvalue weighted by molar-refractivity contribution is -0.114. The van der Waals surface area contributed by atoms with Crippen molar-refractivity contribution >= 4 is 17.7 Å². The van der Waals surface area contributed by atoms with Gasteiger partial charge in [0.2, 0.25) is 0 Å². The Hall–Kier alpha value is -3.33. The summed E-state index contributed by atoms with van der Waals surface area (Å²) in [5.74, 6) is 0.267. The van der Waals surface area contributed by atoms with Crippen molar-refractivity contribution in [3.63, 3.8) is 0 Å². The Morgan fingerprint density at radius 1 is 1.33 bits per heavy atom. The summed E-state index contributed by atoms with van der Waals surface area (Å²) in [4.78, 5) is 14.1. The lowest BCUT2D eigenvalue weighted by atomic mass is 10.0. The number of nitriles is 1. The number of amides is 1. The molecule has 2 aromatic carbocycles. The molecule has 0 fully saturated rings. The van der Waals surface area contributed by atoms with Crippen molar-refractivity contribution in [2.75, 3.05) is 25.2 Å². The van der Waals surface area contributed by atoms with Crippen LogP contribution in [0, 0.1) is 17.1 Å².